The first-order valence-corrected chi connectivity index (χ1v) is 6.99. The van der Waals surface area contributed by atoms with Gasteiger partial charge in [0.15, 0.2) is 0 Å². The molecule has 1 saturated heterocycles. The van der Waals surface area contributed by atoms with Crippen molar-refractivity contribution in [1.82, 2.24) is 5.32 Å². The average Bonchev–Trinajstić information content (AvgIpc) is 2.81. The van der Waals surface area contributed by atoms with E-state index in [0.717, 1.165) is 5.57 Å². The first kappa shape index (κ1) is 17.9. The van der Waals surface area contributed by atoms with E-state index in [4.69, 9.17) is 15.3 Å². The monoisotopic (exact) mass is 311 g/mol. The zero-order chi connectivity index (χ0) is 16.9. The highest BCUT2D eigenvalue weighted by atomic mass is 16.4. The van der Waals surface area contributed by atoms with Crippen LogP contribution in [0, 0.1) is 17.8 Å². The fourth-order valence-corrected chi connectivity index (χ4v) is 2.60. The Balaban J connectivity index is 2.85. The van der Waals surface area contributed by atoms with E-state index in [1.807, 2.05) is 0 Å². The molecule has 4 unspecified atom stereocenters. The molecule has 1 aliphatic rings. The van der Waals surface area contributed by atoms with Crippen molar-refractivity contribution >= 4 is 17.9 Å². The molecule has 4 N–H and O–H groups in total. The molecule has 22 heavy (non-hydrogen) atoms. The van der Waals surface area contributed by atoms with Crippen LogP contribution < -0.4 is 5.32 Å². The number of nitrogens with one attached hydrogen (secondary N) is 1. The zero-order valence-corrected chi connectivity index (χ0v) is 12.5. The van der Waals surface area contributed by atoms with E-state index < -0.39 is 35.8 Å². The fourth-order valence-electron chi connectivity index (χ4n) is 2.60. The summed E-state index contributed by atoms with van der Waals surface area (Å²) in [5.41, 5.74) is 0.830. The van der Waals surface area contributed by atoms with Crippen LogP contribution >= 0.6 is 0 Å². The van der Waals surface area contributed by atoms with Gasteiger partial charge in [-0.15, -0.1) is 0 Å². The first-order chi connectivity index (χ1) is 10.2. The van der Waals surface area contributed by atoms with Gasteiger partial charge < -0.3 is 20.6 Å². The smallest absolute Gasteiger partial charge is 0.321 e. The van der Waals surface area contributed by atoms with Crippen LogP contribution in [0.4, 0.5) is 0 Å². The van der Waals surface area contributed by atoms with E-state index in [2.05, 4.69) is 5.32 Å². The average molecular weight is 311 g/mol. The van der Waals surface area contributed by atoms with Gasteiger partial charge in [0.25, 0.3) is 0 Å². The number of carboxylic acids is 3. The van der Waals surface area contributed by atoms with Crippen molar-refractivity contribution in [2.24, 2.45) is 17.8 Å². The van der Waals surface area contributed by atoms with Crippen LogP contribution in [0.5, 0.6) is 0 Å². The Morgan fingerprint density at radius 1 is 1.27 bits per heavy atom. The Hall–Kier alpha value is -2.15. The maximum Gasteiger partial charge on any atom is 0.321 e. The van der Waals surface area contributed by atoms with Crippen molar-refractivity contribution in [3.05, 3.63) is 23.8 Å². The van der Waals surface area contributed by atoms with Crippen LogP contribution in [0.3, 0.4) is 0 Å². The van der Waals surface area contributed by atoms with E-state index in [1.54, 1.807) is 26.0 Å². The van der Waals surface area contributed by atoms with Crippen molar-refractivity contribution < 1.29 is 29.7 Å². The second kappa shape index (κ2) is 7.74. The topological polar surface area (TPSA) is 124 Å². The van der Waals surface area contributed by atoms with Crippen LogP contribution in [-0.2, 0) is 14.4 Å². The Morgan fingerprint density at radius 2 is 1.91 bits per heavy atom. The van der Waals surface area contributed by atoms with Gasteiger partial charge in [0.05, 0.1) is 12.3 Å². The molecule has 7 heteroatoms. The molecule has 4 atom stereocenters. The van der Waals surface area contributed by atoms with Gasteiger partial charge in [-0.1, -0.05) is 23.8 Å². The molecule has 1 fully saturated rings. The summed E-state index contributed by atoms with van der Waals surface area (Å²) in [5.74, 6) is -4.38. The molecule has 0 radical (unpaired) electrons. The third-order valence-corrected chi connectivity index (χ3v) is 3.91. The Morgan fingerprint density at radius 3 is 2.41 bits per heavy atom. The number of aliphatic carboxylic acids is 3. The normalized spacial score (nSPS) is 27.0. The largest absolute Gasteiger partial charge is 0.481 e. The summed E-state index contributed by atoms with van der Waals surface area (Å²) >= 11 is 0. The molecule has 1 aliphatic heterocycles. The molecule has 0 bridgehead atoms. The maximum absolute atomic E-state index is 11.2. The van der Waals surface area contributed by atoms with Gasteiger partial charge in [0.2, 0.25) is 0 Å². The predicted molar refractivity (Wildman–Crippen MR) is 78.4 cm³/mol. The van der Waals surface area contributed by atoms with Crippen molar-refractivity contribution in [2.45, 2.75) is 26.3 Å². The van der Waals surface area contributed by atoms with Crippen LogP contribution in [0.15, 0.2) is 23.8 Å². The summed E-state index contributed by atoms with van der Waals surface area (Å²) < 4.78 is 0. The molecule has 7 nitrogen and oxygen atoms in total. The number of hydrogen-bond donors (Lipinski definition) is 4. The lowest BCUT2D eigenvalue weighted by molar-refractivity contribution is -0.142. The summed E-state index contributed by atoms with van der Waals surface area (Å²) in [4.78, 5) is 32.8. The molecular formula is C15H21NO6. The quantitative estimate of drug-likeness (QED) is 0.516. The summed E-state index contributed by atoms with van der Waals surface area (Å²) in [7, 11) is 0. The zero-order valence-electron chi connectivity index (χ0n) is 12.5. The minimum Gasteiger partial charge on any atom is -0.481 e. The second-order valence-corrected chi connectivity index (χ2v) is 5.51. The molecule has 0 aromatic heterocycles. The second-order valence-electron chi connectivity index (χ2n) is 5.51. The Kier molecular flexibility index (Phi) is 6.30. The number of carbonyl (C=O) groups is 3. The lowest BCUT2D eigenvalue weighted by Crippen LogP contribution is -2.36. The molecule has 122 valence electrons. The molecule has 0 saturated carbocycles. The number of carboxylic acid groups (broad SMARTS) is 3. The van der Waals surface area contributed by atoms with E-state index in [0.29, 0.717) is 6.54 Å². The first-order valence-electron chi connectivity index (χ1n) is 6.99. The minimum absolute atomic E-state index is 0.206. The third kappa shape index (κ3) is 4.70. The van der Waals surface area contributed by atoms with E-state index in [-0.39, 0.29) is 12.3 Å². The lowest BCUT2D eigenvalue weighted by Gasteiger charge is -2.20. The summed E-state index contributed by atoms with van der Waals surface area (Å²) in [6, 6.07) is -0.883. The van der Waals surface area contributed by atoms with Crippen LogP contribution in [0.2, 0.25) is 0 Å². The van der Waals surface area contributed by atoms with E-state index in [1.165, 1.54) is 6.08 Å². The lowest BCUT2D eigenvalue weighted by atomic mass is 9.83. The van der Waals surface area contributed by atoms with Gasteiger partial charge in [-0.05, 0) is 19.8 Å². The van der Waals surface area contributed by atoms with E-state index >= 15 is 0 Å². The molecular weight excluding hydrogens is 290 g/mol. The summed E-state index contributed by atoms with van der Waals surface area (Å²) in [6.45, 7) is 3.73. The molecule has 0 aliphatic carbocycles. The summed E-state index contributed by atoms with van der Waals surface area (Å²) in [6.07, 6.45) is 4.62. The van der Waals surface area contributed by atoms with Crippen molar-refractivity contribution in [2.75, 3.05) is 6.54 Å². The predicted octanol–water partition coefficient (Wildman–Crippen LogP) is 0.973. The van der Waals surface area contributed by atoms with Crippen LogP contribution in [-0.4, -0.2) is 45.8 Å². The number of allylic oxidation sites excluding steroid dienone is 2. The number of rotatable bonds is 7. The fraction of sp³-hybridized carbons (Fsp3) is 0.533. The summed E-state index contributed by atoms with van der Waals surface area (Å²) in [5, 5.41) is 29.7. The highest BCUT2D eigenvalue weighted by Crippen LogP contribution is 2.31. The maximum atomic E-state index is 11.2. The Bertz CT molecular complexity index is 510. The highest BCUT2D eigenvalue weighted by Gasteiger charge is 2.41. The third-order valence-electron chi connectivity index (χ3n) is 3.91. The SMILES string of the molecule is C/C(=C\C=C/C(C)C(=O)O)C1CNC(C(=O)O)C1CC(=O)O. The van der Waals surface area contributed by atoms with Gasteiger partial charge in [0.1, 0.15) is 6.04 Å². The Labute approximate surface area is 128 Å². The van der Waals surface area contributed by atoms with E-state index in [9.17, 15) is 14.4 Å². The van der Waals surface area contributed by atoms with Gasteiger partial charge in [-0.2, -0.15) is 0 Å². The van der Waals surface area contributed by atoms with Crippen molar-refractivity contribution in [1.29, 1.82) is 0 Å². The van der Waals surface area contributed by atoms with Gasteiger partial charge >= 0.3 is 17.9 Å². The molecule has 0 aromatic carbocycles. The molecule has 1 heterocycles. The van der Waals surface area contributed by atoms with Crippen molar-refractivity contribution in [3.8, 4) is 0 Å². The van der Waals surface area contributed by atoms with Gasteiger partial charge in [0, 0.05) is 12.5 Å². The molecule has 1 rings (SSSR count). The van der Waals surface area contributed by atoms with Crippen molar-refractivity contribution in [3.63, 3.8) is 0 Å². The standard InChI is InChI=1S/C15H21NO6/c1-8(4-3-5-9(2)14(19)20)11-7-16-13(15(21)22)10(11)6-12(17)18/h3-5,9-11,13,16H,6-7H2,1-2H3,(H,17,18)(H,19,20)(H,21,22)/b5-3-,8-4+. The van der Waals surface area contributed by atoms with Crippen LogP contribution in [0.1, 0.15) is 20.3 Å². The number of hydrogen-bond acceptors (Lipinski definition) is 4. The van der Waals surface area contributed by atoms with Gasteiger partial charge in [-0.3, -0.25) is 14.4 Å². The molecule has 0 spiro atoms. The van der Waals surface area contributed by atoms with Gasteiger partial charge in [-0.25, -0.2) is 0 Å². The minimum atomic E-state index is -1.06. The highest BCUT2D eigenvalue weighted by molar-refractivity contribution is 5.76. The van der Waals surface area contributed by atoms with Crippen LogP contribution in [0.25, 0.3) is 0 Å². The molecule has 0 amide bonds. The molecule has 0 aromatic rings.